The number of halogens is 2. The molecule has 0 radical (unpaired) electrons. The molecule has 2 fully saturated rings. The zero-order chi connectivity index (χ0) is 15.5. The first-order valence-corrected chi connectivity index (χ1v) is 9.04. The molecule has 0 bridgehead atoms. The van der Waals surface area contributed by atoms with Gasteiger partial charge in [0.2, 0.25) is 0 Å². The number of nitrogens with one attached hydrogen (secondary N) is 1. The van der Waals surface area contributed by atoms with E-state index in [1.54, 1.807) is 0 Å². The Bertz CT molecular complexity index is 482. The summed E-state index contributed by atoms with van der Waals surface area (Å²) in [7, 11) is 0. The maximum atomic E-state index is 6.52. The predicted molar refractivity (Wildman–Crippen MR) is 93.9 cm³/mol. The van der Waals surface area contributed by atoms with Crippen LogP contribution in [-0.2, 0) is 0 Å². The van der Waals surface area contributed by atoms with E-state index in [1.165, 1.54) is 25.9 Å². The minimum absolute atomic E-state index is 0.281. The Kier molecular flexibility index (Phi) is 5.64. The van der Waals surface area contributed by atoms with Crippen LogP contribution in [0.25, 0.3) is 0 Å². The summed E-state index contributed by atoms with van der Waals surface area (Å²) in [4.78, 5) is 5.10. The second-order valence-electron chi connectivity index (χ2n) is 6.51. The van der Waals surface area contributed by atoms with Crippen molar-refractivity contribution in [3.8, 4) is 0 Å². The first-order chi connectivity index (χ1) is 10.6. The highest BCUT2D eigenvalue weighted by Crippen LogP contribution is 2.35. The van der Waals surface area contributed by atoms with Crippen molar-refractivity contribution in [2.24, 2.45) is 0 Å². The van der Waals surface area contributed by atoms with E-state index in [9.17, 15) is 0 Å². The van der Waals surface area contributed by atoms with Gasteiger partial charge in [0, 0.05) is 47.8 Å². The van der Waals surface area contributed by atoms with Crippen molar-refractivity contribution >= 4 is 23.2 Å². The first-order valence-electron chi connectivity index (χ1n) is 8.29. The van der Waals surface area contributed by atoms with Crippen LogP contribution in [0.2, 0.25) is 10.0 Å². The van der Waals surface area contributed by atoms with Gasteiger partial charge in [0.1, 0.15) is 0 Å². The number of likely N-dealkylation sites (tertiary alicyclic amines) is 1. The standard InChI is InChI=1S/C17H25Cl2N3/c1-13-11-22(10-7-20-13)16(12-21-8-2-3-9-21)17-14(18)5-4-6-15(17)19/h4-6,13,16,20H,2-3,7-12H2,1H3. The molecular formula is C17H25Cl2N3. The molecule has 2 heterocycles. The van der Waals surface area contributed by atoms with Gasteiger partial charge in [-0.15, -0.1) is 0 Å². The van der Waals surface area contributed by atoms with Crippen molar-refractivity contribution in [1.29, 1.82) is 0 Å². The minimum atomic E-state index is 0.281. The fraction of sp³-hybridized carbons (Fsp3) is 0.647. The van der Waals surface area contributed by atoms with Gasteiger partial charge in [0.25, 0.3) is 0 Å². The van der Waals surface area contributed by atoms with E-state index in [2.05, 4.69) is 22.0 Å². The molecule has 5 heteroatoms. The van der Waals surface area contributed by atoms with Crippen molar-refractivity contribution < 1.29 is 0 Å². The molecule has 3 rings (SSSR count). The Hall–Kier alpha value is -0.320. The quantitative estimate of drug-likeness (QED) is 0.905. The van der Waals surface area contributed by atoms with Gasteiger partial charge in [-0.1, -0.05) is 29.3 Å². The molecule has 2 atom stereocenters. The van der Waals surface area contributed by atoms with Crippen LogP contribution in [0, 0.1) is 0 Å². The Balaban J connectivity index is 1.87. The van der Waals surface area contributed by atoms with Crippen molar-refractivity contribution in [2.45, 2.75) is 31.8 Å². The van der Waals surface area contributed by atoms with E-state index in [-0.39, 0.29) is 6.04 Å². The average Bonchev–Trinajstić information content (AvgIpc) is 2.99. The fourth-order valence-electron chi connectivity index (χ4n) is 3.67. The van der Waals surface area contributed by atoms with E-state index >= 15 is 0 Å². The Morgan fingerprint density at radius 2 is 1.86 bits per heavy atom. The Labute approximate surface area is 143 Å². The summed E-state index contributed by atoms with van der Waals surface area (Å²) in [5.74, 6) is 0. The van der Waals surface area contributed by atoms with Gasteiger partial charge < -0.3 is 10.2 Å². The van der Waals surface area contributed by atoms with Crippen molar-refractivity contribution in [1.82, 2.24) is 15.1 Å². The number of rotatable bonds is 4. The van der Waals surface area contributed by atoms with E-state index in [1.807, 2.05) is 18.2 Å². The summed E-state index contributed by atoms with van der Waals surface area (Å²) >= 11 is 13.0. The predicted octanol–water partition coefficient (Wildman–Crippen LogP) is 3.42. The Morgan fingerprint density at radius 1 is 1.18 bits per heavy atom. The van der Waals surface area contributed by atoms with Crippen LogP contribution >= 0.6 is 23.2 Å². The van der Waals surface area contributed by atoms with Crippen LogP contribution in [0.3, 0.4) is 0 Å². The molecule has 1 N–H and O–H groups in total. The third kappa shape index (κ3) is 3.77. The van der Waals surface area contributed by atoms with Crippen LogP contribution in [0.15, 0.2) is 18.2 Å². The topological polar surface area (TPSA) is 18.5 Å². The van der Waals surface area contributed by atoms with Crippen molar-refractivity contribution in [2.75, 3.05) is 39.3 Å². The summed E-state index contributed by atoms with van der Waals surface area (Å²) in [6.45, 7) is 8.77. The smallest absolute Gasteiger partial charge is 0.0505 e. The number of nitrogens with zero attached hydrogens (tertiary/aromatic N) is 2. The highest BCUT2D eigenvalue weighted by atomic mass is 35.5. The van der Waals surface area contributed by atoms with Crippen LogP contribution in [0.5, 0.6) is 0 Å². The Morgan fingerprint density at radius 3 is 2.50 bits per heavy atom. The van der Waals surface area contributed by atoms with Crippen LogP contribution in [0.1, 0.15) is 31.4 Å². The number of benzene rings is 1. The molecule has 2 saturated heterocycles. The van der Waals surface area contributed by atoms with Gasteiger partial charge in [0.15, 0.2) is 0 Å². The first kappa shape index (κ1) is 16.5. The molecule has 0 spiro atoms. The zero-order valence-electron chi connectivity index (χ0n) is 13.2. The van der Waals surface area contributed by atoms with E-state index in [0.717, 1.165) is 41.8 Å². The van der Waals surface area contributed by atoms with Gasteiger partial charge in [0.05, 0.1) is 6.04 Å². The second kappa shape index (κ2) is 7.50. The van der Waals surface area contributed by atoms with Gasteiger partial charge in [-0.3, -0.25) is 4.90 Å². The molecule has 0 aromatic heterocycles. The zero-order valence-corrected chi connectivity index (χ0v) is 14.7. The second-order valence-corrected chi connectivity index (χ2v) is 7.32. The molecule has 1 aromatic carbocycles. The van der Waals surface area contributed by atoms with Crippen LogP contribution < -0.4 is 5.32 Å². The lowest BCUT2D eigenvalue weighted by molar-refractivity contribution is 0.118. The molecule has 2 aliphatic heterocycles. The number of piperazine rings is 1. The third-order valence-corrected chi connectivity index (χ3v) is 5.46. The highest BCUT2D eigenvalue weighted by Gasteiger charge is 2.30. The molecule has 22 heavy (non-hydrogen) atoms. The average molecular weight is 342 g/mol. The molecule has 3 nitrogen and oxygen atoms in total. The minimum Gasteiger partial charge on any atom is -0.312 e. The molecule has 122 valence electrons. The van der Waals surface area contributed by atoms with E-state index < -0.39 is 0 Å². The van der Waals surface area contributed by atoms with Crippen LogP contribution in [-0.4, -0.2) is 55.1 Å². The van der Waals surface area contributed by atoms with Gasteiger partial charge in [-0.05, 0) is 45.0 Å². The van der Waals surface area contributed by atoms with E-state index in [4.69, 9.17) is 23.2 Å². The van der Waals surface area contributed by atoms with Crippen LogP contribution in [0.4, 0.5) is 0 Å². The van der Waals surface area contributed by atoms with Crippen molar-refractivity contribution in [3.63, 3.8) is 0 Å². The van der Waals surface area contributed by atoms with Gasteiger partial charge in [-0.25, -0.2) is 0 Å². The molecule has 0 saturated carbocycles. The maximum absolute atomic E-state index is 6.52. The summed E-state index contributed by atoms with van der Waals surface area (Å²) in [5, 5.41) is 5.11. The summed E-state index contributed by atoms with van der Waals surface area (Å²) < 4.78 is 0. The highest BCUT2D eigenvalue weighted by molar-refractivity contribution is 6.36. The summed E-state index contributed by atoms with van der Waals surface area (Å²) in [5.41, 5.74) is 1.10. The maximum Gasteiger partial charge on any atom is 0.0505 e. The number of hydrogen-bond acceptors (Lipinski definition) is 3. The number of hydrogen-bond donors (Lipinski definition) is 1. The third-order valence-electron chi connectivity index (χ3n) is 4.80. The molecule has 1 aromatic rings. The molecular weight excluding hydrogens is 317 g/mol. The monoisotopic (exact) mass is 341 g/mol. The fourth-order valence-corrected chi connectivity index (χ4v) is 4.32. The summed E-state index contributed by atoms with van der Waals surface area (Å²) in [6.07, 6.45) is 2.61. The summed E-state index contributed by atoms with van der Waals surface area (Å²) in [6, 6.07) is 6.65. The van der Waals surface area contributed by atoms with Crippen molar-refractivity contribution in [3.05, 3.63) is 33.8 Å². The van der Waals surface area contributed by atoms with Gasteiger partial charge in [-0.2, -0.15) is 0 Å². The lowest BCUT2D eigenvalue weighted by atomic mass is 10.0. The lowest BCUT2D eigenvalue weighted by Crippen LogP contribution is -2.52. The van der Waals surface area contributed by atoms with Gasteiger partial charge >= 0.3 is 0 Å². The molecule has 0 aliphatic carbocycles. The largest absolute Gasteiger partial charge is 0.312 e. The van der Waals surface area contributed by atoms with E-state index in [0.29, 0.717) is 6.04 Å². The molecule has 2 unspecified atom stereocenters. The molecule has 2 aliphatic rings. The molecule has 0 amide bonds. The normalized spacial score (nSPS) is 25.5. The lowest BCUT2D eigenvalue weighted by Gasteiger charge is -2.40. The SMILES string of the molecule is CC1CN(C(CN2CCCC2)c2c(Cl)cccc2Cl)CCN1.